The van der Waals surface area contributed by atoms with E-state index in [4.69, 9.17) is 0 Å². The molecule has 2 rings (SSSR count). The van der Waals surface area contributed by atoms with Gasteiger partial charge < -0.3 is 4.90 Å². The number of benzene rings is 1. The van der Waals surface area contributed by atoms with Gasteiger partial charge in [-0.25, -0.2) is 8.42 Å². The maximum absolute atomic E-state index is 12.7. The van der Waals surface area contributed by atoms with Crippen LogP contribution in [-0.4, -0.2) is 50.3 Å². The number of piperazine rings is 1. The number of aryl methyl sites for hydroxylation is 2. The highest BCUT2D eigenvalue weighted by Gasteiger charge is 2.29. The number of nitrogens with zero attached hydrogens (tertiary/aromatic N) is 2. The van der Waals surface area contributed by atoms with Crippen LogP contribution in [0.2, 0.25) is 0 Å². The average molecular weight is 282 g/mol. The maximum atomic E-state index is 12.7. The van der Waals surface area contributed by atoms with Gasteiger partial charge in [0, 0.05) is 26.2 Å². The zero-order valence-electron chi connectivity index (χ0n) is 11.9. The van der Waals surface area contributed by atoms with Gasteiger partial charge in [0.05, 0.1) is 4.90 Å². The molecule has 0 aliphatic carbocycles. The normalized spacial score (nSPS) is 18.7. The van der Waals surface area contributed by atoms with E-state index in [2.05, 4.69) is 11.8 Å². The van der Waals surface area contributed by atoms with E-state index >= 15 is 0 Å². The molecular formula is C14H22N2O2S. The quantitative estimate of drug-likeness (QED) is 0.846. The fourth-order valence-electron chi connectivity index (χ4n) is 2.41. The summed E-state index contributed by atoms with van der Waals surface area (Å²) in [6, 6.07) is 5.60. The van der Waals surface area contributed by atoms with Crippen molar-refractivity contribution in [2.75, 3.05) is 32.7 Å². The van der Waals surface area contributed by atoms with Gasteiger partial charge in [0.25, 0.3) is 0 Å². The van der Waals surface area contributed by atoms with Crippen molar-refractivity contribution in [3.8, 4) is 0 Å². The van der Waals surface area contributed by atoms with E-state index in [-0.39, 0.29) is 0 Å². The molecule has 1 saturated heterocycles. The Morgan fingerprint density at radius 2 is 1.74 bits per heavy atom. The van der Waals surface area contributed by atoms with E-state index in [1.54, 1.807) is 10.4 Å². The first-order valence-corrected chi connectivity index (χ1v) is 8.19. The summed E-state index contributed by atoms with van der Waals surface area (Å²) in [4.78, 5) is 2.73. The lowest BCUT2D eigenvalue weighted by Crippen LogP contribution is -2.48. The molecule has 0 unspecified atom stereocenters. The Kier molecular flexibility index (Phi) is 4.28. The molecule has 0 amide bonds. The second kappa shape index (κ2) is 5.61. The average Bonchev–Trinajstić information content (AvgIpc) is 2.41. The van der Waals surface area contributed by atoms with Gasteiger partial charge in [0.1, 0.15) is 0 Å². The molecule has 1 fully saturated rings. The third-order valence-electron chi connectivity index (χ3n) is 3.74. The summed E-state index contributed by atoms with van der Waals surface area (Å²) in [6.07, 6.45) is 0. The van der Waals surface area contributed by atoms with Crippen LogP contribution in [0.15, 0.2) is 23.1 Å². The van der Waals surface area contributed by atoms with Crippen LogP contribution in [0.4, 0.5) is 0 Å². The van der Waals surface area contributed by atoms with Gasteiger partial charge in [-0.2, -0.15) is 4.31 Å². The number of rotatable bonds is 3. The Balaban J connectivity index is 2.26. The summed E-state index contributed by atoms with van der Waals surface area (Å²) in [5.41, 5.74) is 1.81. The lowest BCUT2D eigenvalue weighted by atomic mass is 10.2. The second-order valence-electron chi connectivity index (χ2n) is 5.11. The molecule has 4 nitrogen and oxygen atoms in total. The van der Waals surface area contributed by atoms with Crippen molar-refractivity contribution in [1.29, 1.82) is 0 Å². The first kappa shape index (κ1) is 14.5. The summed E-state index contributed by atoms with van der Waals surface area (Å²) in [6.45, 7) is 9.68. The monoisotopic (exact) mass is 282 g/mol. The third-order valence-corrected chi connectivity index (χ3v) is 5.78. The molecule has 1 aliphatic rings. The number of sulfonamides is 1. The van der Waals surface area contributed by atoms with Crippen molar-refractivity contribution in [2.45, 2.75) is 25.7 Å². The van der Waals surface area contributed by atoms with Gasteiger partial charge >= 0.3 is 0 Å². The Labute approximate surface area is 116 Å². The van der Waals surface area contributed by atoms with Crippen molar-refractivity contribution in [1.82, 2.24) is 9.21 Å². The molecule has 106 valence electrons. The second-order valence-corrected chi connectivity index (χ2v) is 7.01. The molecule has 0 spiro atoms. The lowest BCUT2D eigenvalue weighted by Gasteiger charge is -2.33. The maximum Gasteiger partial charge on any atom is 0.243 e. The first-order chi connectivity index (χ1) is 8.95. The molecule has 0 bridgehead atoms. The summed E-state index contributed by atoms with van der Waals surface area (Å²) >= 11 is 0. The first-order valence-electron chi connectivity index (χ1n) is 6.75. The van der Waals surface area contributed by atoms with Gasteiger partial charge in [0.2, 0.25) is 10.0 Å². The molecule has 5 heteroatoms. The molecule has 1 aromatic rings. The van der Waals surface area contributed by atoms with Gasteiger partial charge in [0.15, 0.2) is 0 Å². The summed E-state index contributed by atoms with van der Waals surface area (Å²) in [5, 5.41) is 0. The number of likely N-dealkylation sites (N-methyl/N-ethyl adjacent to an activating group) is 1. The van der Waals surface area contributed by atoms with Crippen molar-refractivity contribution >= 4 is 10.0 Å². The van der Waals surface area contributed by atoms with Crippen molar-refractivity contribution < 1.29 is 8.42 Å². The van der Waals surface area contributed by atoms with E-state index in [0.29, 0.717) is 18.0 Å². The number of hydrogen-bond acceptors (Lipinski definition) is 3. The third kappa shape index (κ3) is 2.99. The molecule has 0 N–H and O–H groups in total. The van der Waals surface area contributed by atoms with E-state index in [9.17, 15) is 8.42 Å². The molecule has 0 atom stereocenters. The van der Waals surface area contributed by atoms with Crippen LogP contribution >= 0.6 is 0 Å². The van der Waals surface area contributed by atoms with Crippen LogP contribution < -0.4 is 0 Å². The Hall–Kier alpha value is -0.910. The smallest absolute Gasteiger partial charge is 0.243 e. The lowest BCUT2D eigenvalue weighted by molar-refractivity contribution is 0.196. The summed E-state index contributed by atoms with van der Waals surface area (Å²) < 4.78 is 26.9. The molecule has 1 aromatic carbocycles. The van der Waals surface area contributed by atoms with E-state index in [1.807, 2.05) is 26.0 Å². The van der Waals surface area contributed by atoms with Gasteiger partial charge in [-0.05, 0) is 37.6 Å². The molecular weight excluding hydrogens is 260 g/mol. The molecule has 1 aliphatic heterocycles. The Morgan fingerprint density at radius 1 is 1.11 bits per heavy atom. The highest BCUT2D eigenvalue weighted by Crippen LogP contribution is 2.22. The predicted octanol–water partition coefficient (Wildman–Crippen LogP) is 1.63. The minimum absolute atomic E-state index is 0.456. The molecule has 0 saturated carbocycles. The molecule has 1 heterocycles. The van der Waals surface area contributed by atoms with Gasteiger partial charge in [-0.1, -0.05) is 19.1 Å². The highest BCUT2D eigenvalue weighted by atomic mass is 32.2. The fourth-order valence-corrected chi connectivity index (χ4v) is 4.14. The largest absolute Gasteiger partial charge is 0.301 e. The molecule has 19 heavy (non-hydrogen) atoms. The van der Waals surface area contributed by atoms with Crippen LogP contribution in [0.5, 0.6) is 0 Å². The van der Waals surface area contributed by atoms with E-state index in [0.717, 1.165) is 30.8 Å². The summed E-state index contributed by atoms with van der Waals surface area (Å²) in [7, 11) is -3.34. The van der Waals surface area contributed by atoms with Gasteiger partial charge in [-0.3, -0.25) is 0 Å². The SMILES string of the molecule is CCN1CCN(S(=O)(=O)c2cc(C)ccc2C)CC1. The van der Waals surface area contributed by atoms with Crippen LogP contribution in [0.25, 0.3) is 0 Å². The Bertz CT molecular complexity index is 547. The van der Waals surface area contributed by atoms with Crippen LogP contribution in [0, 0.1) is 13.8 Å². The fraction of sp³-hybridized carbons (Fsp3) is 0.571. The van der Waals surface area contributed by atoms with Crippen molar-refractivity contribution in [3.05, 3.63) is 29.3 Å². The van der Waals surface area contributed by atoms with Crippen LogP contribution in [0.1, 0.15) is 18.1 Å². The highest BCUT2D eigenvalue weighted by molar-refractivity contribution is 7.89. The molecule has 0 radical (unpaired) electrons. The van der Waals surface area contributed by atoms with Gasteiger partial charge in [-0.15, -0.1) is 0 Å². The molecule has 0 aromatic heterocycles. The topological polar surface area (TPSA) is 40.6 Å². The van der Waals surface area contributed by atoms with Crippen LogP contribution in [-0.2, 0) is 10.0 Å². The van der Waals surface area contributed by atoms with E-state index in [1.165, 1.54) is 0 Å². The minimum atomic E-state index is -3.34. The van der Waals surface area contributed by atoms with Crippen molar-refractivity contribution in [2.24, 2.45) is 0 Å². The van der Waals surface area contributed by atoms with E-state index < -0.39 is 10.0 Å². The zero-order valence-corrected chi connectivity index (χ0v) is 12.7. The standard InChI is InChI=1S/C14H22N2O2S/c1-4-15-7-9-16(10-8-15)19(17,18)14-11-12(2)5-6-13(14)3/h5-6,11H,4,7-10H2,1-3H3. The summed E-state index contributed by atoms with van der Waals surface area (Å²) in [5.74, 6) is 0. The number of hydrogen-bond donors (Lipinski definition) is 0. The van der Waals surface area contributed by atoms with Crippen molar-refractivity contribution in [3.63, 3.8) is 0 Å². The predicted molar refractivity (Wildman–Crippen MR) is 76.8 cm³/mol. The van der Waals surface area contributed by atoms with Crippen LogP contribution in [0.3, 0.4) is 0 Å². The minimum Gasteiger partial charge on any atom is -0.301 e. The zero-order chi connectivity index (χ0) is 14.0. The Morgan fingerprint density at radius 3 is 2.32 bits per heavy atom.